The van der Waals surface area contributed by atoms with E-state index < -0.39 is 14.9 Å². The van der Waals surface area contributed by atoms with Gasteiger partial charge in [-0.1, -0.05) is 13.8 Å². The van der Waals surface area contributed by atoms with Crippen molar-refractivity contribution in [3.8, 4) is 23.0 Å². The van der Waals surface area contributed by atoms with E-state index in [1.165, 1.54) is 0 Å². The molecular formula is C22H30O5S. The fourth-order valence-electron chi connectivity index (χ4n) is 2.08. The second-order valence-electron chi connectivity index (χ2n) is 7.91. The average molecular weight is 407 g/mol. The molecule has 0 saturated carbocycles. The van der Waals surface area contributed by atoms with Gasteiger partial charge < -0.3 is 13.7 Å². The smallest absolute Gasteiger partial charge is 0.314 e. The molecule has 0 aliphatic carbocycles. The zero-order chi connectivity index (χ0) is 21.0. The Morgan fingerprint density at radius 1 is 0.714 bits per heavy atom. The Labute approximate surface area is 168 Å². The molecule has 0 bridgehead atoms. The lowest BCUT2D eigenvalue weighted by atomic mass is 10.1. The molecule has 0 radical (unpaired) electrons. The molecule has 0 spiro atoms. The standard InChI is InChI=1S/C22H30O5S/c1-7-21(3,4)26-19-13-9-17(10-14-19)25-18-11-15-20(16-12-18)27-28(23,24)22(5,6)8-2/h9-16H,7-8H2,1-6H3. The largest absolute Gasteiger partial charge is 0.488 e. The summed E-state index contributed by atoms with van der Waals surface area (Å²) in [7, 11) is -3.71. The SMILES string of the molecule is CCC(C)(C)Oc1ccc(Oc2ccc(OS(=O)(=O)C(C)(C)CC)cc2)cc1. The number of hydrogen-bond acceptors (Lipinski definition) is 5. The van der Waals surface area contributed by atoms with E-state index in [4.69, 9.17) is 13.7 Å². The van der Waals surface area contributed by atoms with Crippen LogP contribution in [0.25, 0.3) is 0 Å². The Morgan fingerprint density at radius 3 is 1.57 bits per heavy atom. The summed E-state index contributed by atoms with van der Waals surface area (Å²) < 4.78 is 40.7. The molecule has 0 fully saturated rings. The maximum atomic E-state index is 12.3. The van der Waals surface area contributed by atoms with Crippen molar-refractivity contribution < 1.29 is 22.1 Å². The van der Waals surface area contributed by atoms with E-state index in [-0.39, 0.29) is 11.4 Å². The molecule has 0 aliphatic rings. The van der Waals surface area contributed by atoms with Crippen molar-refractivity contribution in [2.45, 2.75) is 64.7 Å². The van der Waals surface area contributed by atoms with E-state index in [9.17, 15) is 8.42 Å². The van der Waals surface area contributed by atoms with Gasteiger partial charge in [-0.3, -0.25) is 0 Å². The number of rotatable bonds is 9. The summed E-state index contributed by atoms with van der Waals surface area (Å²) in [6.45, 7) is 11.3. The van der Waals surface area contributed by atoms with Gasteiger partial charge >= 0.3 is 10.1 Å². The average Bonchev–Trinajstić information content (AvgIpc) is 2.64. The lowest BCUT2D eigenvalue weighted by Crippen LogP contribution is -2.34. The topological polar surface area (TPSA) is 61.8 Å². The molecule has 0 amide bonds. The fourth-order valence-corrected chi connectivity index (χ4v) is 3.03. The van der Waals surface area contributed by atoms with Crippen molar-refractivity contribution in [1.82, 2.24) is 0 Å². The van der Waals surface area contributed by atoms with Gasteiger partial charge in [0, 0.05) is 0 Å². The molecule has 0 N–H and O–H groups in total. The maximum absolute atomic E-state index is 12.3. The van der Waals surface area contributed by atoms with E-state index in [1.54, 1.807) is 38.1 Å². The van der Waals surface area contributed by atoms with Crippen LogP contribution in [0.15, 0.2) is 48.5 Å². The summed E-state index contributed by atoms with van der Waals surface area (Å²) in [5.41, 5.74) is -0.217. The molecule has 28 heavy (non-hydrogen) atoms. The lowest BCUT2D eigenvalue weighted by Gasteiger charge is -2.24. The Morgan fingerprint density at radius 2 is 1.14 bits per heavy atom. The third-order valence-electron chi connectivity index (χ3n) is 4.86. The normalized spacial score (nSPS) is 12.5. The zero-order valence-corrected chi connectivity index (χ0v) is 18.3. The highest BCUT2D eigenvalue weighted by atomic mass is 32.2. The molecule has 0 heterocycles. The molecule has 5 nitrogen and oxygen atoms in total. The molecule has 0 aliphatic heterocycles. The summed E-state index contributed by atoms with van der Waals surface area (Å²) >= 11 is 0. The van der Waals surface area contributed by atoms with E-state index in [2.05, 4.69) is 6.92 Å². The van der Waals surface area contributed by atoms with Crippen LogP contribution in [0.2, 0.25) is 0 Å². The molecule has 0 aromatic heterocycles. The first kappa shape index (κ1) is 22.1. The van der Waals surface area contributed by atoms with Crippen LogP contribution < -0.4 is 13.7 Å². The summed E-state index contributed by atoms with van der Waals surface area (Å²) in [4.78, 5) is 0. The van der Waals surface area contributed by atoms with Gasteiger partial charge in [0.15, 0.2) is 0 Å². The highest BCUT2D eigenvalue weighted by Gasteiger charge is 2.34. The minimum absolute atomic E-state index is 0.217. The number of benzene rings is 2. The lowest BCUT2D eigenvalue weighted by molar-refractivity contribution is 0.105. The van der Waals surface area contributed by atoms with Gasteiger partial charge in [-0.25, -0.2) is 0 Å². The minimum Gasteiger partial charge on any atom is -0.488 e. The van der Waals surface area contributed by atoms with Crippen LogP contribution in [0.1, 0.15) is 54.4 Å². The Balaban J connectivity index is 2.03. The van der Waals surface area contributed by atoms with Crippen LogP contribution in [0.4, 0.5) is 0 Å². The van der Waals surface area contributed by atoms with Crippen molar-refractivity contribution >= 4 is 10.1 Å². The molecule has 0 atom stereocenters. The van der Waals surface area contributed by atoms with Crippen LogP contribution in [-0.4, -0.2) is 18.8 Å². The summed E-state index contributed by atoms with van der Waals surface area (Å²) in [6, 6.07) is 13.9. The Kier molecular flexibility index (Phi) is 6.65. The zero-order valence-electron chi connectivity index (χ0n) is 17.5. The highest BCUT2D eigenvalue weighted by Crippen LogP contribution is 2.29. The van der Waals surface area contributed by atoms with Crippen molar-refractivity contribution in [1.29, 1.82) is 0 Å². The van der Waals surface area contributed by atoms with Crippen LogP contribution >= 0.6 is 0 Å². The second kappa shape index (κ2) is 8.43. The van der Waals surface area contributed by atoms with Crippen LogP contribution in [0, 0.1) is 0 Å². The molecule has 0 unspecified atom stereocenters. The Hall–Kier alpha value is -2.21. The molecule has 6 heteroatoms. The monoisotopic (exact) mass is 406 g/mol. The van der Waals surface area contributed by atoms with Gasteiger partial charge in [0.1, 0.15) is 33.3 Å². The summed E-state index contributed by atoms with van der Waals surface area (Å²) in [5.74, 6) is 2.29. The third kappa shape index (κ3) is 5.64. The molecule has 0 saturated heterocycles. The van der Waals surface area contributed by atoms with Gasteiger partial charge in [0.05, 0.1) is 0 Å². The van der Waals surface area contributed by atoms with E-state index >= 15 is 0 Å². The van der Waals surface area contributed by atoms with Crippen LogP contribution in [-0.2, 0) is 10.1 Å². The first-order chi connectivity index (χ1) is 13.0. The number of hydrogen-bond donors (Lipinski definition) is 0. The predicted molar refractivity (Wildman–Crippen MR) is 112 cm³/mol. The van der Waals surface area contributed by atoms with Crippen LogP contribution in [0.5, 0.6) is 23.0 Å². The number of ether oxygens (including phenoxy) is 2. The fraction of sp³-hybridized carbons (Fsp3) is 0.455. The van der Waals surface area contributed by atoms with Gasteiger partial charge in [-0.05, 0) is 89.1 Å². The molecule has 2 aromatic rings. The Bertz CT molecular complexity index is 866. The van der Waals surface area contributed by atoms with Gasteiger partial charge in [-0.15, -0.1) is 0 Å². The summed E-state index contributed by atoms with van der Waals surface area (Å²) in [6.07, 6.45) is 1.37. The molecule has 2 rings (SSSR count). The highest BCUT2D eigenvalue weighted by molar-refractivity contribution is 7.88. The van der Waals surface area contributed by atoms with Crippen molar-refractivity contribution in [2.75, 3.05) is 0 Å². The van der Waals surface area contributed by atoms with E-state index in [0.717, 1.165) is 12.2 Å². The minimum atomic E-state index is -3.71. The molecule has 2 aromatic carbocycles. The van der Waals surface area contributed by atoms with Gasteiger partial charge in [0.2, 0.25) is 0 Å². The second-order valence-corrected chi connectivity index (χ2v) is 10.1. The third-order valence-corrected chi connectivity index (χ3v) is 6.92. The van der Waals surface area contributed by atoms with E-state index in [1.807, 2.05) is 45.0 Å². The van der Waals surface area contributed by atoms with Crippen molar-refractivity contribution in [3.63, 3.8) is 0 Å². The van der Waals surface area contributed by atoms with Crippen molar-refractivity contribution in [2.24, 2.45) is 0 Å². The maximum Gasteiger partial charge on any atom is 0.314 e. The first-order valence-corrected chi connectivity index (χ1v) is 10.9. The molecular weight excluding hydrogens is 376 g/mol. The van der Waals surface area contributed by atoms with Gasteiger partial charge in [0.25, 0.3) is 0 Å². The molecule has 154 valence electrons. The summed E-state index contributed by atoms with van der Waals surface area (Å²) in [5, 5.41) is 0. The van der Waals surface area contributed by atoms with Crippen LogP contribution in [0.3, 0.4) is 0 Å². The van der Waals surface area contributed by atoms with E-state index in [0.29, 0.717) is 17.9 Å². The van der Waals surface area contributed by atoms with Crippen molar-refractivity contribution in [3.05, 3.63) is 48.5 Å². The predicted octanol–water partition coefficient (Wildman–Crippen LogP) is 5.94. The quantitative estimate of drug-likeness (QED) is 0.482. The van der Waals surface area contributed by atoms with Gasteiger partial charge in [-0.2, -0.15) is 8.42 Å². The first-order valence-electron chi connectivity index (χ1n) is 9.49.